The molecule has 0 aromatic carbocycles. The minimum atomic E-state index is 0.277. The smallest absolute Gasteiger partial charge is 0.224 e. The number of aryl methyl sites for hydroxylation is 2. The van der Waals surface area contributed by atoms with E-state index >= 15 is 0 Å². The van der Waals surface area contributed by atoms with Crippen molar-refractivity contribution < 1.29 is 4.79 Å². The van der Waals surface area contributed by atoms with E-state index in [9.17, 15) is 4.79 Å². The first-order chi connectivity index (χ1) is 13.5. The first-order valence-electron chi connectivity index (χ1n) is 10.4. The van der Waals surface area contributed by atoms with Gasteiger partial charge in [-0.05, 0) is 57.2 Å². The molecule has 3 aliphatic heterocycles. The van der Waals surface area contributed by atoms with Gasteiger partial charge < -0.3 is 4.90 Å². The summed E-state index contributed by atoms with van der Waals surface area (Å²) in [4.78, 5) is 22.2. The fraction of sp³-hybridized carbons (Fsp3) is 0.591. The van der Waals surface area contributed by atoms with E-state index in [1.54, 1.807) is 0 Å². The molecule has 6 nitrogen and oxygen atoms in total. The summed E-state index contributed by atoms with van der Waals surface area (Å²) in [5.74, 6) is 0.849. The number of pyridine rings is 1. The molecule has 0 saturated carbocycles. The van der Waals surface area contributed by atoms with Crippen molar-refractivity contribution in [3.05, 3.63) is 47.0 Å². The second-order valence-electron chi connectivity index (χ2n) is 8.43. The molecule has 5 rings (SSSR count). The Morgan fingerprint density at radius 2 is 2.00 bits per heavy atom. The van der Waals surface area contributed by atoms with E-state index in [1.165, 1.54) is 17.7 Å². The molecule has 2 atom stereocenters. The Balaban J connectivity index is 1.38. The predicted molar refractivity (Wildman–Crippen MR) is 109 cm³/mol. The van der Waals surface area contributed by atoms with Gasteiger partial charge in [0.25, 0.3) is 0 Å². The fourth-order valence-electron chi connectivity index (χ4n) is 4.68. The monoisotopic (exact) mass is 381 g/mol. The summed E-state index contributed by atoms with van der Waals surface area (Å²) in [6.07, 6.45) is 4.74. The molecule has 0 spiro atoms. The van der Waals surface area contributed by atoms with Crippen molar-refractivity contribution >= 4 is 5.91 Å². The van der Waals surface area contributed by atoms with Crippen LogP contribution in [0.25, 0.3) is 0 Å². The second kappa shape index (κ2) is 8.03. The minimum Gasteiger partial charge on any atom is -0.338 e. The average molecular weight is 382 g/mol. The summed E-state index contributed by atoms with van der Waals surface area (Å²) in [5.41, 5.74) is 4.57. The highest BCUT2D eigenvalue weighted by atomic mass is 16.2. The largest absolute Gasteiger partial charge is 0.338 e. The van der Waals surface area contributed by atoms with Crippen LogP contribution in [0, 0.1) is 26.7 Å². The number of rotatable bonds is 5. The normalized spacial score (nSPS) is 22.5. The van der Waals surface area contributed by atoms with Crippen LogP contribution in [0.15, 0.2) is 24.4 Å². The molecule has 28 heavy (non-hydrogen) atoms. The van der Waals surface area contributed by atoms with Gasteiger partial charge in [-0.1, -0.05) is 6.07 Å². The van der Waals surface area contributed by atoms with Gasteiger partial charge in [0.15, 0.2) is 0 Å². The van der Waals surface area contributed by atoms with Crippen LogP contribution in [0.3, 0.4) is 0 Å². The number of carbonyl (C=O) groups is 1. The maximum absolute atomic E-state index is 13.0. The number of hydrogen-bond donors (Lipinski definition) is 0. The highest BCUT2D eigenvalue weighted by Gasteiger charge is 2.36. The zero-order valence-electron chi connectivity index (χ0n) is 17.3. The fourth-order valence-corrected chi connectivity index (χ4v) is 4.68. The number of fused-ring (bicyclic) bond motifs is 4. The van der Waals surface area contributed by atoms with E-state index in [1.807, 2.05) is 29.9 Å². The SMILES string of the molecule is Cc1nn(CCC(=O)N2C[C@@H]3CC[C@H]2CN(Cc2ccccn2)C3)c(C)c1C. The van der Waals surface area contributed by atoms with E-state index < -0.39 is 0 Å². The van der Waals surface area contributed by atoms with Crippen molar-refractivity contribution in [2.24, 2.45) is 5.92 Å². The first kappa shape index (κ1) is 19.1. The second-order valence-corrected chi connectivity index (χ2v) is 8.43. The van der Waals surface area contributed by atoms with Crippen molar-refractivity contribution in [3.8, 4) is 0 Å². The molecule has 3 aliphatic rings. The Bertz CT molecular complexity index is 831. The maximum Gasteiger partial charge on any atom is 0.224 e. The van der Waals surface area contributed by atoms with Crippen LogP contribution in [0.5, 0.6) is 0 Å². The lowest BCUT2D eigenvalue weighted by molar-refractivity contribution is -0.135. The Morgan fingerprint density at radius 1 is 1.14 bits per heavy atom. The molecule has 0 unspecified atom stereocenters. The average Bonchev–Trinajstić information content (AvgIpc) is 2.88. The number of hydrogen-bond acceptors (Lipinski definition) is 4. The Labute approximate surface area is 167 Å². The van der Waals surface area contributed by atoms with Gasteiger partial charge in [0.2, 0.25) is 5.91 Å². The zero-order chi connectivity index (χ0) is 19.7. The van der Waals surface area contributed by atoms with Crippen LogP contribution >= 0.6 is 0 Å². The molecular weight excluding hydrogens is 350 g/mol. The third kappa shape index (κ3) is 3.97. The quantitative estimate of drug-likeness (QED) is 0.799. The molecule has 2 bridgehead atoms. The minimum absolute atomic E-state index is 0.277. The lowest BCUT2D eigenvalue weighted by Crippen LogP contribution is -2.47. The van der Waals surface area contributed by atoms with Gasteiger partial charge in [-0.2, -0.15) is 5.10 Å². The molecule has 6 heteroatoms. The van der Waals surface area contributed by atoms with Crippen LogP contribution in [0.4, 0.5) is 0 Å². The van der Waals surface area contributed by atoms with E-state index in [0.29, 0.717) is 24.9 Å². The van der Waals surface area contributed by atoms with Gasteiger partial charge in [0, 0.05) is 57.1 Å². The van der Waals surface area contributed by atoms with Crippen LogP contribution in [-0.4, -0.2) is 56.1 Å². The number of aromatic nitrogens is 3. The van der Waals surface area contributed by atoms with Gasteiger partial charge >= 0.3 is 0 Å². The predicted octanol–water partition coefficient (Wildman–Crippen LogP) is 2.72. The molecule has 0 radical (unpaired) electrons. The summed E-state index contributed by atoms with van der Waals surface area (Å²) >= 11 is 0. The van der Waals surface area contributed by atoms with Crippen LogP contribution in [0.2, 0.25) is 0 Å². The van der Waals surface area contributed by atoms with Crippen molar-refractivity contribution in [3.63, 3.8) is 0 Å². The number of carbonyl (C=O) groups excluding carboxylic acids is 1. The molecule has 5 heterocycles. The Hall–Kier alpha value is -2.21. The molecule has 1 amide bonds. The highest BCUT2D eigenvalue weighted by molar-refractivity contribution is 5.76. The van der Waals surface area contributed by atoms with Crippen LogP contribution in [0.1, 0.15) is 41.9 Å². The van der Waals surface area contributed by atoms with Crippen LogP contribution in [-0.2, 0) is 17.9 Å². The van der Waals surface area contributed by atoms with Crippen molar-refractivity contribution in [2.75, 3.05) is 19.6 Å². The van der Waals surface area contributed by atoms with E-state index in [-0.39, 0.29) is 5.91 Å². The first-order valence-corrected chi connectivity index (χ1v) is 10.4. The van der Waals surface area contributed by atoms with Crippen molar-refractivity contribution in [1.82, 2.24) is 24.6 Å². The molecule has 3 saturated heterocycles. The molecule has 0 N–H and O–H groups in total. The Morgan fingerprint density at radius 3 is 2.71 bits per heavy atom. The van der Waals surface area contributed by atoms with E-state index in [0.717, 1.165) is 44.0 Å². The third-order valence-electron chi connectivity index (χ3n) is 6.50. The molecular formula is C22H31N5O. The van der Waals surface area contributed by atoms with Crippen molar-refractivity contribution in [1.29, 1.82) is 0 Å². The van der Waals surface area contributed by atoms with Gasteiger partial charge in [-0.3, -0.25) is 19.4 Å². The van der Waals surface area contributed by atoms with Gasteiger partial charge in [-0.15, -0.1) is 0 Å². The summed E-state index contributed by atoms with van der Waals surface area (Å²) in [6.45, 7) is 10.7. The number of nitrogens with zero attached hydrogens (tertiary/aromatic N) is 5. The molecule has 150 valence electrons. The zero-order valence-corrected chi connectivity index (χ0v) is 17.3. The molecule has 2 aromatic heterocycles. The third-order valence-corrected chi connectivity index (χ3v) is 6.50. The maximum atomic E-state index is 13.0. The van der Waals surface area contributed by atoms with E-state index in [4.69, 9.17) is 0 Å². The van der Waals surface area contributed by atoms with Gasteiger partial charge in [-0.25, -0.2) is 0 Å². The number of piperidine rings is 1. The summed E-state index contributed by atoms with van der Waals surface area (Å²) in [7, 11) is 0. The van der Waals surface area contributed by atoms with Crippen molar-refractivity contribution in [2.45, 2.75) is 59.2 Å². The number of amides is 1. The molecule has 2 aromatic rings. The topological polar surface area (TPSA) is 54.3 Å². The molecule has 3 fully saturated rings. The Kier molecular flexibility index (Phi) is 5.49. The highest BCUT2D eigenvalue weighted by Crippen LogP contribution is 2.29. The standard InChI is InChI=1S/C22H31N5O/c1-16-17(2)24-27(18(16)3)11-9-22(28)26-13-19-7-8-21(26)15-25(12-19)14-20-6-4-5-10-23-20/h4-6,10,19,21H,7-9,11-15H2,1-3H3/t19-,21+/m1/s1. The lowest BCUT2D eigenvalue weighted by atomic mass is 9.94. The van der Waals surface area contributed by atoms with Crippen LogP contribution < -0.4 is 0 Å². The van der Waals surface area contributed by atoms with Gasteiger partial charge in [0.1, 0.15) is 0 Å². The van der Waals surface area contributed by atoms with E-state index in [2.05, 4.69) is 39.8 Å². The summed E-state index contributed by atoms with van der Waals surface area (Å²) < 4.78 is 1.99. The van der Waals surface area contributed by atoms with Gasteiger partial charge in [0.05, 0.1) is 11.4 Å². The molecule has 0 aliphatic carbocycles. The summed E-state index contributed by atoms with van der Waals surface area (Å²) in [5, 5.41) is 4.58. The lowest BCUT2D eigenvalue weighted by Gasteiger charge is -2.36. The summed E-state index contributed by atoms with van der Waals surface area (Å²) in [6, 6.07) is 6.43.